The zero-order chi connectivity index (χ0) is 10.2. The maximum absolute atomic E-state index is 10.8. The van der Waals surface area contributed by atoms with Crippen molar-refractivity contribution in [3.63, 3.8) is 0 Å². The Morgan fingerprint density at radius 3 is 2.38 bits per heavy atom. The summed E-state index contributed by atoms with van der Waals surface area (Å²) in [4.78, 5) is 10.8. The lowest BCUT2D eigenvalue weighted by Crippen LogP contribution is -2.27. The predicted octanol–water partition coefficient (Wildman–Crippen LogP) is 1.49. The molecule has 6 heteroatoms. The largest absolute Gasteiger partial charge is 0.476 e. The van der Waals surface area contributed by atoms with Gasteiger partial charge in [-0.05, 0) is 36.7 Å². The second-order valence-corrected chi connectivity index (χ2v) is 4.37. The summed E-state index contributed by atoms with van der Waals surface area (Å²) in [7, 11) is 0. The van der Waals surface area contributed by atoms with Crippen molar-refractivity contribution in [1.29, 1.82) is 0 Å². The second kappa shape index (κ2) is 3.10. The van der Waals surface area contributed by atoms with E-state index in [0.29, 0.717) is 0 Å². The molecule has 72 valence electrons. The number of aromatic carboxylic acids is 1. The summed E-state index contributed by atoms with van der Waals surface area (Å²) in [5.74, 6) is -1.04. The molecule has 1 aromatic heterocycles. The monoisotopic (exact) mass is 247 g/mol. The smallest absolute Gasteiger partial charge is 0.357 e. The molecule has 5 nitrogen and oxygen atoms in total. The van der Waals surface area contributed by atoms with E-state index in [4.69, 9.17) is 5.11 Å². The van der Waals surface area contributed by atoms with E-state index in [-0.39, 0.29) is 15.8 Å². The summed E-state index contributed by atoms with van der Waals surface area (Å²) in [6.07, 6.45) is 0. The van der Waals surface area contributed by atoms with E-state index in [9.17, 15) is 4.79 Å². The Balaban J connectivity index is 3.31. The highest BCUT2D eigenvalue weighted by atomic mass is 79.9. The lowest BCUT2D eigenvalue weighted by Gasteiger charge is -2.19. The number of halogens is 1. The molecule has 1 rings (SSSR count). The minimum Gasteiger partial charge on any atom is -0.476 e. The predicted molar refractivity (Wildman–Crippen MR) is 49.7 cm³/mol. The Morgan fingerprint density at radius 1 is 1.54 bits per heavy atom. The van der Waals surface area contributed by atoms with Crippen LogP contribution in [0.1, 0.15) is 31.3 Å². The topological polar surface area (TPSA) is 68.0 Å². The van der Waals surface area contributed by atoms with E-state index in [0.717, 1.165) is 0 Å². The zero-order valence-electron chi connectivity index (χ0n) is 7.58. The van der Waals surface area contributed by atoms with Crippen molar-refractivity contribution in [3.8, 4) is 0 Å². The molecule has 1 N–H and O–H groups in total. The summed E-state index contributed by atoms with van der Waals surface area (Å²) in [6.45, 7) is 5.58. The van der Waals surface area contributed by atoms with Gasteiger partial charge in [-0.1, -0.05) is 5.21 Å². The first-order valence-corrected chi connectivity index (χ1v) is 4.48. The average molecular weight is 248 g/mol. The number of aromatic nitrogens is 3. The minimum absolute atomic E-state index is 0.0764. The van der Waals surface area contributed by atoms with Gasteiger partial charge in [0.15, 0.2) is 10.3 Å². The van der Waals surface area contributed by atoms with Gasteiger partial charge in [-0.3, -0.25) is 0 Å². The highest BCUT2D eigenvalue weighted by Crippen LogP contribution is 2.20. The van der Waals surface area contributed by atoms with Gasteiger partial charge in [0.05, 0.1) is 5.54 Å². The molecule has 1 aromatic rings. The Morgan fingerprint density at radius 2 is 2.08 bits per heavy atom. The molecule has 0 unspecified atom stereocenters. The number of hydrogen-bond donors (Lipinski definition) is 1. The van der Waals surface area contributed by atoms with Crippen LogP contribution in [-0.2, 0) is 5.54 Å². The van der Waals surface area contributed by atoms with Gasteiger partial charge in [-0.2, -0.15) is 0 Å². The molecule has 0 aliphatic heterocycles. The average Bonchev–Trinajstić information content (AvgIpc) is 2.28. The van der Waals surface area contributed by atoms with Crippen LogP contribution in [0.2, 0.25) is 0 Å². The fraction of sp³-hybridized carbons (Fsp3) is 0.571. The van der Waals surface area contributed by atoms with Crippen LogP contribution in [0.25, 0.3) is 0 Å². The number of carboxylic acids is 1. The number of hydrogen-bond acceptors (Lipinski definition) is 3. The van der Waals surface area contributed by atoms with Gasteiger partial charge in [0.2, 0.25) is 0 Å². The zero-order valence-corrected chi connectivity index (χ0v) is 9.16. The van der Waals surface area contributed by atoms with E-state index >= 15 is 0 Å². The molecule has 0 spiro atoms. The molecule has 0 saturated heterocycles. The normalized spacial score (nSPS) is 11.7. The standard InChI is InChI=1S/C7H10BrN3O2/c1-7(2,3)11-4(6(12)13)5(8)9-10-11/h1-3H3,(H,12,13). The van der Waals surface area contributed by atoms with Crippen molar-refractivity contribution < 1.29 is 9.90 Å². The minimum atomic E-state index is -1.04. The van der Waals surface area contributed by atoms with Crippen molar-refractivity contribution in [1.82, 2.24) is 15.0 Å². The Kier molecular flexibility index (Phi) is 2.42. The molecular formula is C7H10BrN3O2. The van der Waals surface area contributed by atoms with Crippen LogP contribution in [0.5, 0.6) is 0 Å². The van der Waals surface area contributed by atoms with E-state index < -0.39 is 5.97 Å². The molecule has 0 aliphatic carbocycles. The molecule has 0 bridgehead atoms. The molecule has 0 fully saturated rings. The quantitative estimate of drug-likeness (QED) is 0.817. The van der Waals surface area contributed by atoms with Crippen molar-refractivity contribution in [2.45, 2.75) is 26.3 Å². The van der Waals surface area contributed by atoms with Crippen molar-refractivity contribution in [2.75, 3.05) is 0 Å². The number of carbonyl (C=O) groups is 1. The fourth-order valence-corrected chi connectivity index (χ4v) is 1.32. The maximum atomic E-state index is 10.8. The highest BCUT2D eigenvalue weighted by Gasteiger charge is 2.25. The Labute approximate surface area is 83.9 Å². The van der Waals surface area contributed by atoms with Crippen molar-refractivity contribution in [2.24, 2.45) is 0 Å². The van der Waals surface area contributed by atoms with Gasteiger partial charge >= 0.3 is 5.97 Å². The molecule has 0 amide bonds. The van der Waals surface area contributed by atoms with Crippen LogP contribution < -0.4 is 0 Å². The molecule has 0 aliphatic rings. The molecule has 13 heavy (non-hydrogen) atoms. The molecule has 0 saturated carbocycles. The highest BCUT2D eigenvalue weighted by molar-refractivity contribution is 9.10. The van der Waals surface area contributed by atoms with Gasteiger partial charge in [-0.25, -0.2) is 9.48 Å². The van der Waals surface area contributed by atoms with Crippen molar-refractivity contribution >= 4 is 21.9 Å². The lowest BCUT2D eigenvalue weighted by molar-refractivity contribution is 0.0673. The third-order valence-electron chi connectivity index (χ3n) is 1.47. The van der Waals surface area contributed by atoms with E-state index in [2.05, 4.69) is 26.2 Å². The Bertz CT molecular complexity index is 340. The molecule has 0 radical (unpaired) electrons. The first-order chi connectivity index (χ1) is 5.84. The van der Waals surface area contributed by atoms with Crippen LogP contribution >= 0.6 is 15.9 Å². The maximum Gasteiger partial charge on any atom is 0.357 e. The molecular weight excluding hydrogens is 238 g/mol. The summed E-state index contributed by atoms with van der Waals surface area (Å²) < 4.78 is 1.63. The summed E-state index contributed by atoms with van der Waals surface area (Å²) in [5.41, 5.74) is -0.306. The fourth-order valence-electron chi connectivity index (χ4n) is 0.912. The SMILES string of the molecule is CC(C)(C)n1nnc(Br)c1C(=O)O. The van der Waals surface area contributed by atoms with Gasteiger partial charge in [0.25, 0.3) is 0 Å². The first-order valence-electron chi connectivity index (χ1n) is 3.69. The van der Waals surface area contributed by atoms with Gasteiger partial charge in [0, 0.05) is 0 Å². The van der Waals surface area contributed by atoms with Crippen molar-refractivity contribution in [3.05, 3.63) is 10.3 Å². The van der Waals surface area contributed by atoms with Crippen LogP contribution in [-0.4, -0.2) is 26.1 Å². The van der Waals surface area contributed by atoms with Gasteiger partial charge < -0.3 is 5.11 Å². The third kappa shape index (κ3) is 1.88. The van der Waals surface area contributed by atoms with Crippen LogP contribution in [0.15, 0.2) is 4.60 Å². The van der Waals surface area contributed by atoms with Crippen LogP contribution in [0, 0.1) is 0 Å². The van der Waals surface area contributed by atoms with Crippen LogP contribution in [0.4, 0.5) is 0 Å². The third-order valence-corrected chi connectivity index (χ3v) is 2.00. The van der Waals surface area contributed by atoms with E-state index in [1.165, 1.54) is 4.68 Å². The lowest BCUT2D eigenvalue weighted by atomic mass is 10.1. The summed E-state index contributed by atoms with van der Waals surface area (Å²) in [6, 6.07) is 0. The summed E-state index contributed by atoms with van der Waals surface area (Å²) in [5, 5.41) is 16.3. The summed E-state index contributed by atoms with van der Waals surface area (Å²) >= 11 is 3.03. The van der Waals surface area contributed by atoms with Crippen LogP contribution in [0.3, 0.4) is 0 Å². The second-order valence-electron chi connectivity index (χ2n) is 3.62. The van der Waals surface area contributed by atoms with Gasteiger partial charge in [-0.15, -0.1) is 5.10 Å². The number of rotatable bonds is 1. The van der Waals surface area contributed by atoms with Gasteiger partial charge in [0.1, 0.15) is 0 Å². The van der Waals surface area contributed by atoms with E-state index in [1.54, 1.807) is 0 Å². The molecule has 0 aromatic carbocycles. The Hall–Kier alpha value is -0.910. The molecule has 0 atom stereocenters. The number of nitrogens with zero attached hydrogens (tertiary/aromatic N) is 3. The number of carboxylic acid groups (broad SMARTS) is 1. The molecule has 1 heterocycles. The first kappa shape index (κ1) is 10.2. The van der Waals surface area contributed by atoms with E-state index in [1.807, 2.05) is 20.8 Å².